The number of rotatable bonds is 4. The molecule has 6 nitrogen and oxygen atoms in total. The molecule has 0 radical (unpaired) electrons. The van der Waals surface area contributed by atoms with E-state index in [9.17, 15) is 0 Å². The Morgan fingerprint density at radius 2 is 2.22 bits per heavy atom. The average Bonchev–Trinajstić information content (AvgIpc) is 3.40. The molecule has 27 heavy (non-hydrogen) atoms. The Bertz CT molecular complexity index is 644. The maximum absolute atomic E-state index is 5.98. The molecule has 0 bridgehead atoms. The standard InChI is InChI=1S/C20H32N4O2S/c1-15(23-7-5-19-16(13-23)6-11-27-19)12-22-20(21-2)24-8-10-26-18(14-24)17-4-3-9-25-17/h6,11,15,17-18H,3-5,7-10,12-14H2,1-2H3,(H,21,22). The third kappa shape index (κ3) is 4.47. The van der Waals surface area contributed by atoms with Crippen molar-refractivity contribution in [1.82, 2.24) is 15.1 Å². The Kier molecular flexibility index (Phi) is 6.32. The van der Waals surface area contributed by atoms with Gasteiger partial charge in [-0.05, 0) is 43.2 Å². The highest BCUT2D eigenvalue weighted by Crippen LogP contribution is 2.25. The summed E-state index contributed by atoms with van der Waals surface area (Å²) < 4.78 is 11.8. The Balaban J connectivity index is 1.28. The lowest BCUT2D eigenvalue weighted by molar-refractivity contribution is -0.0817. The molecular formula is C20H32N4O2S. The van der Waals surface area contributed by atoms with Gasteiger partial charge < -0.3 is 19.7 Å². The normalized spacial score (nSPS) is 28.2. The first-order valence-electron chi connectivity index (χ1n) is 10.2. The molecule has 0 spiro atoms. The molecule has 0 aromatic carbocycles. The van der Waals surface area contributed by atoms with Crippen molar-refractivity contribution in [3.8, 4) is 0 Å². The van der Waals surface area contributed by atoms with E-state index >= 15 is 0 Å². The van der Waals surface area contributed by atoms with Crippen molar-refractivity contribution in [2.24, 2.45) is 4.99 Å². The van der Waals surface area contributed by atoms with Crippen LogP contribution < -0.4 is 5.32 Å². The average molecular weight is 393 g/mol. The third-order valence-corrected chi connectivity index (χ3v) is 7.02. The minimum absolute atomic E-state index is 0.163. The summed E-state index contributed by atoms with van der Waals surface area (Å²) in [5.74, 6) is 0.987. The van der Waals surface area contributed by atoms with Gasteiger partial charge in [0.2, 0.25) is 0 Å². The summed E-state index contributed by atoms with van der Waals surface area (Å²) in [6.07, 6.45) is 3.85. The zero-order valence-electron chi connectivity index (χ0n) is 16.5. The molecule has 2 saturated heterocycles. The van der Waals surface area contributed by atoms with Crippen LogP contribution >= 0.6 is 11.3 Å². The second-order valence-corrected chi connectivity index (χ2v) is 8.77. The number of hydrogen-bond donors (Lipinski definition) is 1. The zero-order chi connectivity index (χ0) is 18.6. The number of fused-ring (bicyclic) bond motifs is 1. The van der Waals surface area contributed by atoms with E-state index in [2.05, 4.69) is 38.5 Å². The van der Waals surface area contributed by atoms with Crippen LogP contribution in [0.4, 0.5) is 0 Å². The van der Waals surface area contributed by atoms with Gasteiger partial charge in [0.25, 0.3) is 0 Å². The number of ether oxygens (including phenoxy) is 2. The largest absolute Gasteiger partial charge is 0.375 e. The lowest BCUT2D eigenvalue weighted by Crippen LogP contribution is -2.55. The van der Waals surface area contributed by atoms with Crippen LogP contribution in [-0.2, 0) is 22.4 Å². The zero-order valence-corrected chi connectivity index (χ0v) is 17.3. The summed E-state index contributed by atoms with van der Waals surface area (Å²) in [5, 5.41) is 5.83. The monoisotopic (exact) mass is 392 g/mol. The summed E-state index contributed by atoms with van der Waals surface area (Å²) in [6, 6.07) is 2.76. The van der Waals surface area contributed by atoms with Crippen LogP contribution in [-0.4, -0.2) is 80.4 Å². The van der Waals surface area contributed by atoms with Crippen LogP contribution in [0.25, 0.3) is 0 Å². The molecule has 1 N–H and O–H groups in total. The first kappa shape index (κ1) is 19.2. The lowest BCUT2D eigenvalue weighted by Gasteiger charge is -2.38. The number of hydrogen-bond acceptors (Lipinski definition) is 5. The van der Waals surface area contributed by atoms with Crippen molar-refractivity contribution in [3.05, 3.63) is 21.9 Å². The van der Waals surface area contributed by atoms with Gasteiger partial charge in [0.15, 0.2) is 5.96 Å². The van der Waals surface area contributed by atoms with Crippen molar-refractivity contribution in [1.29, 1.82) is 0 Å². The molecule has 0 saturated carbocycles. The molecule has 3 atom stereocenters. The molecule has 0 aliphatic carbocycles. The van der Waals surface area contributed by atoms with Crippen LogP contribution in [0.5, 0.6) is 0 Å². The van der Waals surface area contributed by atoms with Gasteiger partial charge in [-0.15, -0.1) is 11.3 Å². The predicted molar refractivity (Wildman–Crippen MR) is 110 cm³/mol. The molecule has 3 aliphatic rings. The number of guanidine groups is 1. The minimum atomic E-state index is 0.163. The van der Waals surface area contributed by atoms with E-state index in [1.807, 2.05) is 18.4 Å². The van der Waals surface area contributed by atoms with Crippen molar-refractivity contribution >= 4 is 17.3 Å². The van der Waals surface area contributed by atoms with E-state index in [1.165, 1.54) is 12.0 Å². The number of aliphatic imine (C=N–C) groups is 1. The summed E-state index contributed by atoms with van der Waals surface area (Å²) in [4.78, 5) is 11.0. The van der Waals surface area contributed by atoms with Gasteiger partial charge in [-0.2, -0.15) is 0 Å². The van der Waals surface area contributed by atoms with Gasteiger partial charge >= 0.3 is 0 Å². The Hall–Kier alpha value is -1.15. The first-order chi connectivity index (χ1) is 13.2. The van der Waals surface area contributed by atoms with Crippen LogP contribution in [0.3, 0.4) is 0 Å². The predicted octanol–water partition coefficient (Wildman–Crippen LogP) is 1.95. The summed E-state index contributed by atoms with van der Waals surface area (Å²) in [5.41, 5.74) is 1.51. The SMILES string of the molecule is CN=C(NCC(C)N1CCc2sccc2C1)N1CCOC(C2CCCO2)C1. The molecule has 0 amide bonds. The second kappa shape index (κ2) is 8.90. The maximum atomic E-state index is 5.98. The Labute approximate surface area is 166 Å². The van der Waals surface area contributed by atoms with Crippen molar-refractivity contribution in [2.75, 3.05) is 46.4 Å². The first-order valence-corrected chi connectivity index (χ1v) is 11.1. The number of nitrogens with one attached hydrogen (secondary N) is 1. The van der Waals surface area contributed by atoms with E-state index in [0.717, 1.165) is 64.7 Å². The van der Waals surface area contributed by atoms with E-state index < -0.39 is 0 Å². The molecule has 4 heterocycles. The van der Waals surface area contributed by atoms with E-state index in [-0.39, 0.29) is 12.2 Å². The smallest absolute Gasteiger partial charge is 0.193 e. The fourth-order valence-corrected chi connectivity index (χ4v) is 5.23. The Morgan fingerprint density at radius 1 is 1.33 bits per heavy atom. The molecular weight excluding hydrogens is 360 g/mol. The molecule has 4 rings (SSSR count). The molecule has 3 unspecified atom stereocenters. The van der Waals surface area contributed by atoms with Gasteiger partial charge in [-0.1, -0.05) is 0 Å². The topological polar surface area (TPSA) is 49.3 Å². The maximum Gasteiger partial charge on any atom is 0.193 e. The van der Waals surface area contributed by atoms with Crippen LogP contribution in [0, 0.1) is 0 Å². The Morgan fingerprint density at radius 3 is 3.04 bits per heavy atom. The lowest BCUT2D eigenvalue weighted by atomic mass is 10.1. The van der Waals surface area contributed by atoms with E-state index in [4.69, 9.17) is 9.47 Å². The second-order valence-electron chi connectivity index (χ2n) is 7.77. The van der Waals surface area contributed by atoms with Crippen molar-refractivity contribution in [2.45, 2.75) is 51.0 Å². The van der Waals surface area contributed by atoms with Crippen molar-refractivity contribution < 1.29 is 9.47 Å². The van der Waals surface area contributed by atoms with Gasteiger partial charge in [-0.25, -0.2) is 0 Å². The van der Waals surface area contributed by atoms with Crippen LogP contribution in [0.1, 0.15) is 30.2 Å². The van der Waals surface area contributed by atoms with E-state index in [0.29, 0.717) is 6.04 Å². The highest BCUT2D eigenvalue weighted by Gasteiger charge is 2.32. The highest BCUT2D eigenvalue weighted by molar-refractivity contribution is 7.10. The highest BCUT2D eigenvalue weighted by atomic mass is 32.1. The summed E-state index contributed by atoms with van der Waals surface area (Å²) in [7, 11) is 1.88. The fourth-order valence-electron chi connectivity index (χ4n) is 4.34. The molecule has 3 aliphatic heterocycles. The van der Waals surface area contributed by atoms with Gasteiger partial charge in [0.05, 0.1) is 12.7 Å². The molecule has 1 aromatic rings. The fraction of sp³-hybridized carbons (Fsp3) is 0.750. The molecule has 1 aromatic heterocycles. The number of nitrogens with zero attached hydrogens (tertiary/aromatic N) is 3. The summed E-state index contributed by atoms with van der Waals surface area (Å²) >= 11 is 1.90. The van der Waals surface area contributed by atoms with Gasteiger partial charge in [0.1, 0.15) is 6.10 Å². The molecule has 150 valence electrons. The number of morpholine rings is 1. The third-order valence-electron chi connectivity index (χ3n) is 6.00. The van der Waals surface area contributed by atoms with Crippen molar-refractivity contribution in [3.63, 3.8) is 0 Å². The van der Waals surface area contributed by atoms with Crippen LogP contribution in [0.15, 0.2) is 16.4 Å². The van der Waals surface area contributed by atoms with Gasteiger partial charge in [-0.3, -0.25) is 9.89 Å². The number of thiophene rings is 1. The van der Waals surface area contributed by atoms with E-state index in [1.54, 1.807) is 4.88 Å². The molecule has 7 heteroatoms. The minimum Gasteiger partial charge on any atom is -0.375 e. The van der Waals surface area contributed by atoms with Gasteiger partial charge in [0, 0.05) is 57.3 Å². The molecule has 2 fully saturated rings. The van der Waals surface area contributed by atoms with Crippen LogP contribution in [0.2, 0.25) is 0 Å². The summed E-state index contributed by atoms with van der Waals surface area (Å²) in [6.45, 7) is 8.80. The quantitative estimate of drug-likeness (QED) is 0.627.